The lowest BCUT2D eigenvalue weighted by atomic mass is 10.1. The Bertz CT molecular complexity index is 1120. The molecule has 0 saturated carbocycles. The van der Waals surface area contributed by atoms with Crippen molar-refractivity contribution in [1.82, 2.24) is 34.6 Å². The zero-order valence-corrected chi connectivity index (χ0v) is 18.2. The standard InChI is InChI=1S/C22H26N8O/c1-14-17(15(2)29(4)28-14)7-8-22(31)30-11-5-6-19(30)18-12-20(26-16(3)25-18)27-21-13-23-9-10-24-21/h7-10,12-13,19H,5-6,11H2,1-4H3,(H,24,25,26,27)/b8-7+/t19-/m1/s1. The van der Waals surface area contributed by atoms with Gasteiger partial charge in [0.25, 0.3) is 0 Å². The van der Waals surface area contributed by atoms with Crippen molar-refractivity contribution < 1.29 is 4.79 Å². The van der Waals surface area contributed by atoms with Crippen molar-refractivity contribution in [3.8, 4) is 0 Å². The number of anilines is 2. The summed E-state index contributed by atoms with van der Waals surface area (Å²) in [5, 5.41) is 7.57. The highest BCUT2D eigenvalue weighted by Crippen LogP contribution is 2.32. The van der Waals surface area contributed by atoms with Gasteiger partial charge in [0.2, 0.25) is 5.91 Å². The molecule has 4 rings (SSSR count). The predicted octanol–water partition coefficient (Wildman–Crippen LogP) is 3.05. The van der Waals surface area contributed by atoms with Crippen LogP contribution in [-0.4, -0.2) is 47.1 Å². The second kappa shape index (κ2) is 8.63. The molecule has 3 aromatic rings. The summed E-state index contributed by atoms with van der Waals surface area (Å²) in [5.74, 6) is 1.86. The van der Waals surface area contributed by atoms with E-state index in [4.69, 9.17) is 0 Å². The average Bonchev–Trinajstić information content (AvgIpc) is 3.32. The van der Waals surface area contributed by atoms with Crippen LogP contribution in [0.25, 0.3) is 6.08 Å². The Hall–Kier alpha value is -3.62. The maximum Gasteiger partial charge on any atom is 0.247 e. The van der Waals surface area contributed by atoms with Crippen molar-refractivity contribution >= 4 is 23.6 Å². The molecule has 9 nitrogen and oxygen atoms in total. The fourth-order valence-electron chi connectivity index (χ4n) is 3.94. The number of aromatic nitrogens is 6. The van der Waals surface area contributed by atoms with Gasteiger partial charge in [0, 0.05) is 49.4 Å². The maximum atomic E-state index is 13.0. The summed E-state index contributed by atoms with van der Waals surface area (Å²) in [6.45, 7) is 6.50. The number of nitrogens with one attached hydrogen (secondary N) is 1. The zero-order chi connectivity index (χ0) is 22.0. The third kappa shape index (κ3) is 4.45. The molecule has 0 aliphatic carbocycles. The van der Waals surface area contributed by atoms with E-state index in [0.29, 0.717) is 24.0 Å². The third-order valence-corrected chi connectivity index (χ3v) is 5.51. The van der Waals surface area contributed by atoms with Crippen LogP contribution >= 0.6 is 0 Å². The van der Waals surface area contributed by atoms with Gasteiger partial charge in [-0.15, -0.1) is 0 Å². The number of hydrogen-bond acceptors (Lipinski definition) is 7. The molecule has 1 aliphatic heterocycles. The molecule has 3 aromatic heterocycles. The normalized spacial score (nSPS) is 16.3. The lowest BCUT2D eigenvalue weighted by Crippen LogP contribution is -2.29. The number of carbonyl (C=O) groups is 1. The van der Waals surface area contributed by atoms with E-state index < -0.39 is 0 Å². The number of aryl methyl sites for hydroxylation is 3. The molecule has 9 heteroatoms. The highest BCUT2D eigenvalue weighted by atomic mass is 16.2. The number of likely N-dealkylation sites (tertiary alicyclic amines) is 1. The Kier molecular flexibility index (Phi) is 5.75. The molecular weight excluding hydrogens is 392 g/mol. The van der Waals surface area contributed by atoms with Crippen molar-refractivity contribution in [1.29, 1.82) is 0 Å². The van der Waals surface area contributed by atoms with Crippen LogP contribution in [0.3, 0.4) is 0 Å². The number of hydrogen-bond donors (Lipinski definition) is 1. The summed E-state index contributed by atoms with van der Waals surface area (Å²) in [6, 6.07) is 1.80. The first-order valence-corrected chi connectivity index (χ1v) is 10.3. The van der Waals surface area contributed by atoms with Gasteiger partial charge in [-0.2, -0.15) is 5.10 Å². The van der Waals surface area contributed by atoms with Crippen LogP contribution in [0.5, 0.6) is 0 Å². The number of amides is 1. The molecule has 0 bridgehead atoms. The van der Waals surface area contributed by atoms with Gasteiger partial charge in [0.05, 0.1) is 23.6 Å². The highest BCUT2D eigenvalue weighted by Gasteiger charge is 2.30. The molecule has 0 aromatic carbocycles. The van der Waals surface area contributed by atoms with Gasteiger partial charge in [-0.05, 0) is 39.7 Å². The van der Waals surface area contributed by atoms with Crippen molar-refractivity contribution in [3.05, 3.63) is 59.2 Å². The molecule has 1 N–H and O–H groups in total. The van der Waals surface area contributed by atoms with Crippen molar-refractivity contribution in [2.45, 2.75) is 39.7 Å². The Morgan fingerprint density at radius 2 is 2.03 bits per heavy atom. The summed E-state index contributed by atoms with van der Waals surface area (Å²) >= 11 is 0. The van der Waals surface area contributed by atoms with Crippen molar-refractivity contribution in [2.75, 3.05) is 11.9 Å². The molecule has 0 spiro atoms. The lowest BCUT2D eigenvalue weighted by Gasteiger charge is -2.23. The number of rotatable bonds is 5. The molecular formula is C22H26N8O. The first-order chi connectivity index (χ1) is 14.9. The van der Waals surface area contributed by atoms with Crippen LogP contribution < -0.4 is 5.32 Å². The fourth-order valence-corrected chi connectivity index (χ4v) is 3.94. The monoisotopic (exact) mass is 418 g/mol. The molecule has 1 amide bonds. The van der Waals surface area contributed by atoms with Crippen LogP contribution in [0.4, 0.5) is 11.6 Å². The Morgan fingerprint density at radius 3 is 2.74 bits per heavy atom. The lowest BCUT2D eigenvalue weighted by molar-refractivity contribution is -0.126. The van der Waals surface area contributed by atoms with E-state index in [2.05, 4.69) is 30.4 Å². The Balaban J connectivity index is 1.55. The van der Waals surface area contributed by atoms with Gasteiger partial charge in [-0.25, -0.2) is 15.0 Å². The largest absolute Gasteiger partial charge is 0.331 e. The number of nitrogens with zero attached hydrogens (tertiary/aromatic N) is 7. The minimum atomic E-state index is -0.0858. The van der Waals surface area contributed by atoms with Crippen LogP contribution in [0, 0.1) is 20.8 Å². The van der Waals surface area contributed by atoms with E-state index in [1.807, 2.05) is 49.5 Å². The van der Waals surface area contributed by atoms with E-state index >= 15 is 0 Å². The minimum absolute atomic E-state index is 0.0233. The molecule has 0 radical (unpaired) electrons. The second-order valence-electron chi connectivity index (χ2n) is 7.67. The Morgan fingerprint density at radius 1 is 1.19 bits per heavy atom. The van der Waals surface area contributed by atoms with Gasteiger partial charge in [-0.1, -0.05) is 0 Å². The third-order valence-electron chi connectivity index (χ3n) is 5.51. The summed E-state index contributed by atoms with van der Waals surface area (Å²) in [7, 11) is 1.90. The first kappa shape index (κ1) is 20.6. The summed E-state index contributed by atoms with van der Waals surface area (Å²) in [4.78, 5) is 32.3. The quantitative estimate of drug-likeness (QED) is 0.635. The topological polar surface area (TPSA) is 102 Å². The molecule has 1 aliphatic rings. The van der Waals surface area contributed by atoms with E-state index in [9.17, 15) is 4.79 Å². The van der Waals surface area contributed by atoms with Crippen molar-refractivity contribution in [3.63, 3.8) is 0 Å². The molecule has 160 valence electrons. The minimum Gasteiger partial charge on any atom is -0.331 e. The SMILES string of the molecule is Cc1nc(Nc2cnccn2)cc([C@H]2CCCN2C(=O)/C=C/c2c(C)nn(C)c2C)n1. The van der Waals surface area contributed by atoms with E-state index in [1.54, 1.807) is 24.7 Å². The second-order valence-corrected chi connectivity index (χ2v) is 7.67. The van der Waals surface area contributed by atoms with Crippen LogP contribution in [0.1, 0.15) is 47.4 Å². The zero-order valence-electron chi connectivity index (χ0n) is 18.2. The van der Waals surface area contributed by atoms with Gasteiger partial charge < -0.3 is 10.2 Å². The summed E-state index contributed by atoms with van der Waals surface area (Å²) in [5.41, 5.74) is 3.76. The molecule has 4 heterocycles. The van der Waals surface area contributed by atoms with Crippen molar-refractivity contribution in [2.24, 2.45) is 7.05 Å². The molecule has 0 unspecified atom stereocenters. The maximum absolute atomic E-state index is 13.0. The number of carbonyl (C=O) groups excluding carboxylic acids is 1. The van der Waals surface area contributed by atoms with E-state index in [1.165, 1.54) is 0 Å². The Labute approximate surface area is 181 Å². The fraction of sp³-hybridized carbons (Fsp3) is 0.364. The van der Waals surface area contributed by atoms with Gasteiger partial charge in [-0.3, -0.25) is 14.5 Å². The van der Waals surface area contributed by atoms with Gasteiger partial charge >= 0.3 is 0 Å². The molecule has 1 atom stereocenters. The predicted molar refractivity (Wildman–Crippen MR) is 117 cm³/mol. The van der Waals surface area contributed by atoms with Crippen LogP contribution in [0.15, 0.2) is 30.7 Å². The average molecular weight is 419 g/mol. The van der Waals surface area contributed by atoms with E-state index in [0.717, 1.165) is 35.5 Å². The summed E-state index contributed by atoms with van der Waals surface area (Å²) < 4.78 is 1.83. The smallest absolute Gasteiger partial charge is 0.247 e. The summed E-state index contributed by atoms with van der Waals surface area (Å²) in [6.07, 6.45) is 10.2. The van der Waals surface area contributed by atoms with Gasteiger partial charge in [0.1, 0.15) is 17.5 Å². The molecule has 1 fully saturated rings. The molecule has 31 heavy (non-hydrogen) atoms. The van der Waals surface area contributed by atoms with E-state index in [-0.39, 0.29) is 11.9 Å². The first-order valence-electron chi connectivity index (χ1n) is 10.3. The highest BCUT2D eigenvalue weighted by molar-refractivity contribution is 5.92. The van der Waals surface area contributed by atoms with Crippen LogP contribution in [-0.2, 0) is 11.8 Å². The van der Waals surface area contributed by atoms with Crippen LogP contribution in [0.2, 0.25) is 0 Å². The molecule has 1 saturated heterocycles. The van der Waals surface area contributed by atoms with Gasteiger partial charge in [0.15, 0.2) is 0 Å².